The minimum Gasteiger partial charge on any atom is -0.382 e. The number of fused-ring (bicyclic) bond motifs is 1. The fourth-order valence-corrected chi connectivity index (χ4v) is 2.69. The summed E-state index contributed by atoms with van der Waals surface area (Å²) in [5.74, 6) is 0.279. The summed E-state index contributed by atoms with van der Waals surface area (Å²) in [6.45, 7) is 4.66. The molecule has 1 aliphatic rings. The second-order valence-corrected chi connectivity index (χ2v) is 6.26. The Kier molecular flexibility index (Phi) is 4.28. The second kappa shape index (κ2) is 6.36. The Balaban J connectivity index is 1.66. The van der Waals surface area contributed by atoms with Crippen molar-refractivity contribution in [3.63, 3.8) is 0 Å². The number of benzene rings is 1. The van der Waals surface area contributed by atoms with Gasteiger partial charge in [-0.15, -0.1) is 0 Å². The molecule has 5 nitrogen and oxygen atoms in total. The minimum absolute atomic E-state index is 0.0318. The summed E-state index contributed by atoms with van der Waals surface area (Å²) in [5.41, 5.74) is 2.98. The van der Waals surface area contributed by atoms with Gasteiger partial charge in [-0.3, -0.25) is 9.78 Å². The van der Waals surface area contributed by atoms with Crippen molar-refractivity contribution in [2.75, 3.05) is 7.05 Å². The molecular formula is C18H21N3O2. The normalized spacial score (nSPS) is 17.2. The number of hydrogen-bond donors (Lipinski definition) is 0. The van der Waals surface area contributed by atoms with Gasteiger partial charge in [-0.05, 0) is 29.7 Å². The quantitative estimate of drug-likeness (QED) is 0.872. The lowest BCUT2D eigenvalue weighted by atomic mass is 10.0. The third-order valence-electron chi connectivity index (χ3n) is 4.10. The highest BCUT2D eigenvalue weighted by Crippen LogP contribution is 2.19. The lowest BCUT2D eigenvalue weighted by Gasteiger charge is -2.20. The maximum absolute atomic E-state index is 12.5. The summed E-state index contributed by atoms with van der Waals surface area (Å²) in [6, 6.07) is 9.99. The predicted molar refractivity (Wildman–Crippen MR) is 90.0 cm³/mol. The van der Waals surface area contributed by atoms with Gasteiger partial charge in [0.25, 0.3) is 5.91 Å². The molecule has 0 radical (unpaired) electrons. The Morgan fingerprint density at radius 1 is 1.39 bits per heavy atom. The molecule has 0 saturated heterocycles. The SMILES string of the molecule is CC(C)C1=NOC(C(=O)N(C)Cc2ccc3ncccc3c2)C1. The van der Waals surface area contributed by atoms with Crippen molar-refractivity contribution in [3.05, 3.63) is 42.1 Å². The van der Waals surface area contributed by atoms with Gasteiger partial charge in [0.15, 0.2) is 0 Å². The van der Waals surface area contributed by atoms with Crippen LogP contribution in [-0.2, 0) is 16.2 Å². The fourth-order valence-electron chi connectivity index (χ4n) is 2.69. The molecule has 2 aromatic rings. The molecule has 1 aromatic heterocycles. The van der Waals surface area contributed by atoms with Gasteiger partial charge in [0.2, 0.25) is 6.10 Å². The summed E-state index contributed by atoms with van der Waals surface area (Å²) in [5, 5.41) is 5.11. The van der Waals surface area contributed by atoms with Crippen molar-refractivity contribution < 1.29 is 9.63 Å². The Bertz CT molecular complexity index is 755. The van der Waals surface area contributed by atoms with Crippen LogP contribution in [0.2, 0.25) is 0 Å². The average Bonchev–Trinajstić information content (AvgIpc) is 3.04. The number of carbonyl (C=O) groups is 1. The highest BCUT2D eigenvalue weighted by Gasteiger charge is 2.31. The van der Waals surface area contributed by atoms with Crippen LogP contribution >= 0.6 is 0 Å². The number of aromatic nitrogens is 1. The lowest BCUT2D eigenvalue weighted by Crippen LogP contribution is -2.36. The van der Waals surface area contributed by atoms with Crippen molar-refractivity contribution in [2.24, 2.45) is 11.1 Å². The standard InChI is InChI=1S/C18H21N3O2/c1-12(2)16-10-17(23-20-16)18(22)21(3)11-13-6-7-15-14(9-13)5-4-8-19-15/h4-9,12,17H,10-11H2,1-3H3. The van der Waals surface area contributed by atoms with E-state index in [-0.39, 0.29) is 5.91 Å². The van der Waals surface area contributed by atoms with Crippen LogP contribution in [0.3, 0.4) is 0 Å². The van der Waals surface area contributed by atoms with Gasteiger partial charge in [0, 0.05) is 31.6 Å². The van der Waals surface area contributed by atoms with Crippen molar-refractivity contribution in [3.8, 4) is 0 Å². The van der Waals surface area contributed by atoms with Crippen LogP contribution in [-0.4, -0.2) is 34.7 Å². The molecule has 0 saturated carbocycles. The third kappa shape index (κ3) is 3.33. The second-order valence-electron chi connectivity index (χ2n) is 6.26. The molecule has 3 rings (SSSR count). The van der Waals surface area contributed by atoms with Crippen LogP contribution in [0.5, 0.6) is 0 Å². The number of likely N-dealkylation sites (N-methyl/N-ethyl adjacent to an activating group) is 1. The molecule has 0 fully saturated rings. The first-order valence-electron chi connectivity index (χ1n) is 7.86. The van der Waals surface area contributed by atoms with Gasteiger partial charge < -0.3 is 9.74 Å². The van der Waals surface area contributed by atoms with Crippen LogP contribution in [0.15, 0.2) is 41.7 Å². The zero-order valence-corrected chi connectivity index (χ0v) is 13.7. The van der Waals surface area contributed by atoms with E-state index in [1.54, 1.807) is 18.1 Å². The van der Waals surface area contributed by atoms with Gasteiger partial charge in [0.05, 0.1) is 11.2 Å². The van der Waals surface area contributed by atoms with Gasteiger partial charge in [-0.25, -0.2) is 0 Å². The predicted octanol–water partition coefficient (Wildman–Crippen LogP) is 2.99. The Morgan fingerprint density at radius 2 is 2.22 bits per heavy atom. The van der Waals surface area contributed by atoms with E-state index in [4.69, 9.17) is 4.84 Å². The zero-order chi connectivity index (χ0) is 16.4. The molecule has 1 atom stereocenters. The first-order valence-corrected chi connectivity index (χ1v) is 7.86. The Labute approximate surface area is 135 Å². The first kappa shape index (κ1) is 15.5. The third-order valence-corrected chi connectivity index (χ3v) is 4.10. The van der Waals surface area contributed by atoms with E-state index in [2.05, 4.69) is 30.1 Å². The molecule has 120 valence electrons. The van der Waals surface area contributed by atoms with Crippen molar-refractivity contribution in [2.45, 2.75) is 32.9 Å². The number of pyridine rings is 1. The molecule has 1 aliphatic heterocycles. The first-order chi connectivity index (χ1) is 11.0. The number of carbonyl (C=O) groups excluding carboxylic acids is 1. The molecule has 1 unspecified atom stereocenters. The van der Waals surface area contributed by atoms with Crippen molar-refractivity contribution in [1.82, 2.24) is 9.88 Å². The molecule has 0 bridgehead atoms. The average molecular weight is 311 g/mol. The monoisotopic (exact) mass is 311 g/mol. The van der Waals surface area contributed by atoms with Gasteiger partial charge in [-0.1, -0.05) is 31.1 Å². The maximum atomic E-state index is 12.5. The maximum Gasteiger partial charge on any atom is 0.266 e. The molecule has 1 aromatic carbocycles. The van der Waals surface area contributed by atoms with Crippen molar-refractivity contribution >= 4 is 22.5 Å². The van der Waals surface area contributed by atoms with E-state index in [1.807, 2.05) is 24.3 Å². The zero-order valence-electron chi connectivity index (χ0n) is 13.7. The largest absolute Gasteiger partial charge is 0.382 e. The van der Waals surface area contributed by atoms with Crippen LogP contribution in [0.4, 0.5) is 0 Å². The summed E-state index contributed by atoms with van der Waals surface area (Å²) < 4.78 is 0. The lowest BCUT2D eigenvalue weighted by molar-refractivity contribution is -0.141. The topological polar surface area (TPSA) is 54.8 Å². The number of nitrogens with zero attached hydrogens (tertiary/aromatic N) is 3. The van der Waals surface area contributed by atoms with Crippen molar-refractivity contribution in [1.29, 1.82) is 0 Å². The van der Waals surface area contributed by atoms with Gasteiger partial charge >= 0.3 is 0 Å². The fraction of sp³-hybridized carbons (Fsp3) is 0.389. The molecule has 23 heavy (non-hydrogen) atoms. The summed E-state index contributed by atoms with van der Waals surface area (Å²) in [4.78, 5) is 23.8. The van der Waals surface area contributed by atoms with Crippen LogP contribution in [0, 0.1) is 5.92 Å². The van der Waals surface area contributed by atoms with E-state index >= 15 is 0 Å². The number of oxime groups is 1. The van der Waals surface area contributed by atoms with Crippen LogP contribution in [0.25, 0.3) is 10.9 Å². The van der Waals surface area contributed by atoms with E-state index in [0.717, 1.165) is 22.2 Å². The smallest absolute Gasteiger partial charge is 0.266 e. The van der Waals surface area contributed by atoms with Crippen LogP contribution < -0.4 is 0 Å². The Morgan fingerprint density at radius 3 is 2.96 bits per heavy atom. The van der Waals surface area contributed by atoms with E-state index in [0.29, 0.717) is 18.9 Å². The summed E-state index contributed by atoms with van der Waals surface area (Å²) in [7, 11) is 1.80. The summed E-state index contributed by atoms with van der Waals surface area (Å²) >= 11 is 0. The molecule has 2 heterocycles. The van der Waals surface area contributed by atoms with E-state index < -0.39 is 6.10 Å². The highest BCUT2D eigenvalue weighted by molar-refractivity contribution is 5.93. The van der Waals surface area contributed by atoms with E-state index in [9.17, 15) is 4.79 Å². The minimum atomic E-state index is -0.487. The van der Waals surface area contributed by atoms with Gasteiger partial charge in [0.1, 0.15) is 0 Å². The molecule has 0 spiro atoms. The summed E-state index contributed by atoms with van der Waals surface area (Å²) in [6.07, 6.45) is 1.88. The number of hydrogen-bond acceptors (Lipinski definition) is 4. The molecule has 0 N–H and O–H groups in total. The molecular weight excluding hydrogens is 290 g/mol. The Hall–Kier alpha value is -2.43. The van der Waals surface area contributed by atoms with Crippen LogP contribution in [0.1, 0.15) is 25.8 Å². The van der Waals surface area contributed by atoms with Gasteiger partial charge in [-0.2, -0.15) is 0 Å². The van der Waals surface area contributed by atoms with E-state index in [1.165, 1.54) is 0 Å². The molecule has 1 amide bonds. The number of rotatable bonds is 4. The number of amides is 1. The molecule has 0 aliphatic carbocycles. The molecule has 5 heteroatoms. The highest BCUT2D eigenvalue weighted by atomic mass is 16.6.